The van der Waals surface area contributed by atoms with Crippen molar-refractivity contribution in [1.29, 1.82) is 0 Å². The molecule has 18 heavy (non-hydrogen) atoms. The molecular weight excluding hydrogens is 268 g/mol. The molecule has 0 amide bonds. The molecule has 0 saturated heterocycles. The summed E-state index contributed by atoms with van der Waals surface area (Å²) >= 11 is 11.1. The number of nitrogens with one attached hydrogen (secondary N) is 1. The van der Waals surface area contributed by atoms with Crippen molar-refractivity contribution in [3.8, 4) is 0 Å². The monoisotopic (exact) mass is 282 g/mol. The molecule has 1 atom stereocenters. The summed E-state index contributed by atoms with van der Waals surface area (Å²) < 4.78 is 2.53. The predicted octanol–water partition coefficient (Wildman–Crippen LogP) is 3.18. The molecule has 1 unspecified atom stereocenters. The summed E-state index contributed by atoms with van der Waals surface area (Å²) in [6.45, 7) is 4.08. The highest BCUT2D eigenvalue weighted by atomic mass is 35.5. The lowest BCUT2D eigenvalue weighted by Gasteiger charge is -2.12. The number of aromatic amines is 1. The van der Waals surface area contributed by atoms with Gasteiger partial charge in [0.2, 0.25) is 0 Å². The van der Waals surface area contributed by atoms with Crippen molar-refractivity contribution in [1.82, 2.24) is 19.7 Å². The van der Waals surface area contributed by atoms with Crippen LogP contribution in [0.4, 0.5) is 0 Å². The van der Waals surface area contributed by atoms with Crippen molar-refractivity contribution in [3.63, 3.8) is 0 Å². The molecule has 2 aromatic rings. The van der Waals surface area contributed by atoms with Gasteiger partial charge in [0.05, 0.1) is 0 Å². The van der Waals surface area contributed by atoms with Gasteiger partial charge in [0.25, 0.3) is 0 Å². The lowest BCUT2D eigenvalue weighted by molar-refractivity contribution is 0.678. The fourth-order valence-electron chi connectivity index (χ4n) is 1.89. The van der Waals surface area contributed by atoms with E-state index in [0.717, 1.165) is 17.9 Å². The number of rotatable bonds is 3. The van der Waals surface area contributed by atoms with Crippen LogP contribution in [0.1, 0.15) is 29.9 Å². The van der Waals surface area contributed by atoms with Gasteiger partial charge in [-0.15, -0.1) is 0 Å². The van der Waals surface area contributed by atoms with Crippen LogP contribution in [-0.4, -0.2) is 19.7 Å². The molecule has 2 heterocycles. The quantitative estimate of drug-likeness (QED) is 0.695. The molecule has 6 heteroatoms. The smallest absolute Gasteiger partial charge is 0.194 e. The minimum atomic E-state index is 0.313. The van der Waals surface area contributed by atoms with Crippen molar-refractivity contribution >= 4 is 23.8 Å². The van der Waals surface area contributed by atoms with Crippen molar-refractivity contribution in [3.05, 3.63) is 39.1 Å². The van der Waals surface area contributed by atoms with E-state index < -0.39 is 0 Å². The summed E-state index contributed by atoms with van der Waals surface area (Å²) in [5, 5.41) is 7.55. The van der Waals surface area contributed by atoms with Gasteiger partial charge in [-0.2, -0.15) is 5.10 Å². The van der Waals surface area contributed by atoms with Gasteiger partial charge in [-0.05, 0) is 42.8 Å². The van der Waals surface area contributed by atoms with Crippen LogP contribution >= 0.6 is 23.8 Å². The molecule has 4 nitrogen and oxygen atoms in total. The first-order chi connectivity index (χ1) is 8.47. The lowest BCUT2D eigenvalue weighted by atomic mass is 9.98. The van der Waals surface area contributed by atoms with Crippen LogP contribution in [0.25, 0.3) is 0 Å². The minimum Gasteiger partial charge on any atom is -0.307 e. The van der Waals surface area contributed by atoms with Crippen LogP contribution in [0.2, 0.25) is 5.15 Å². The van der Waals surface area contributed by atoms with Crippen LogP contribution in [0, 0.1) is 11.7 Å². The van der Waals surface area contributed by atoms with Gasteiger partial charge in [-0.25, -0.2) is 4.98 Å². The number of H-pyrrole nitrogens is 1. The molecule has 0 aliphatic heterocycles. The Balaban J connectivity index is 2.24. The first-order valence-electron chi connectivity index (χ1n) is 5.71. The molecule has 0 saturated carbocycles. The second-order valence-electron chi connectivity index (χ2n) is 4.47. The third-order valence-electron chi connectivity index (χ3n) is 2.97. The number of aryl methyl sites for hydroxylation is 1. The number of nitrogens with zero attached hydrogens (tertiary/aromatic N) is 3. The highest BCUT2D eigenvalue weighted by Gasteiger charge is 2.12. The molecule has 1 N–H and O–H groups in total. The zero-order valence-corrected chi connectivity index (χ0v) is 12.1. The maximum atomic E-state index is 5.98. The van der Waals surface area contributed by atoms with Gasteiger partial charge in [-0.1, -0.05) is 18.5 Å². The Kier molecular flexibility index (Phi) is 3.82. The molecule has 2 aromatic heterocycles. The normalized spacial score (nSPS) is 12.7. The minimum absolute atomic E-state index is 0.313. The summed E-state index contributed by atoms with van der Waals surface area (Å²) in [7, 11) is 1.92. The van der Waals surface area contributed by atoms with Crippen molar-refractivity contribution < 1.29 is 0 Å². The van der Waals surface area contributed by atoms with Gasteiger partial charge < -0.3 is 4.57 Å². The third kappa shape index (κ3) is 2.79. The standard InChI is InChI=1S/C12H15ClN4S/c1-7(4-11-15-16-12(18)17(11)3)9-5-8(2)14-10(13)6-9/h5-7H,4H2,1-3H3,(H,16,18). The fraction of sp³-hybridized carbons (Fsp3) is 0.417. The van der Waals surface area contributed by atoms with Gasteiger partial charge >= 0.3 is 0 Å². The zero-order chi connectivity index (χ0) is 13.3. The number of pyridine rings is 1. The number of hydrogen-bond acceptors (Lipinski definition) is 3. The Hall–Kier alpha value is -1.20. The van der Waals surface area contributed by atoms with E-state index in [4.69, 9.17) is 23.8 Å². The van der Waals surface area contributed by atoms with Crippen molar-refractivity contribution in [2.45, 2.75) is 26.2 Å². The molecule has 2 rings (SSSR count). The SMILES string of the molecule is Cc1cc(C(C)Cc2n[nH]c(=S)n2C)cc(Cl)n1. The van der Waals surface area contributed by atoms with Crippen LogP contribution in [0.3, 0.4) is 0 Å². The highest BCUT2D eigenvalue weighted by Crippen LogP contribution is 2.22. The summed E-state index contributed by atoms with van der Waals surface area (Å²) in [5.74, 6) is 1.26. The molecule has 0 radical (unpaired) electrons. The molecule has 0 spiro atoms. The van der Waals surface area contributed by atoms with E-state index >= 15 is 0 Å². The second-order valence-corrected chi connectivity index (χ2v) is 5.25. The van der Waals surface area contributed by atoms with E-state index in [1.807, 2.05) is 24.6 Å². The molecule has 0 aliphatic carbocycles. The van der Waals surface area contributed by atoms with E-state index in [0.29, 0.717) is 15.8 Å². The predicted molar refractivity (Wildman–Crippen MR) is 74.5 cm³/mol. The highest BCUT2D eigenvalue weighted by molar-refractivity contribution is 7.71. The first-order valence-corrected chi connectivity index (χ1v) is 6.50. The first kappa shape index (κ1) is 13.2. The average Bonchev–Trinajstić information content (AvgIpc) is 2.59. The molecule has 96 valence electrons. The molecule has 0 aromatic carbocycles. The Bertz CT molecular complexity index is 597. The van der Waals surface area contributed by atoms with Crippen LogP contribution < -0.4 is 0 Å². The summed E-state index contributed by atoms with van der Waals surface area (Å²) in [4.78, 5) is 4.17. The second kappa shape index (κ2) is 5.20. The molecule has 0 aliphatic rings. The van der Waals surface area contributed by atoms with Crippen molar-refractivity contribution in [2.75, 3.05) is 0 Å². The molecule has 0 bridgehead atoms. The van der Waals surface area contributed by atoms with E-state index in [2.05, 4.69) is 28.2 Å². The van der Waals surface area contributed by atoms with Crippen LogP contribution in [0.5, 0.6) is 0 Å². The van der Waals surface area contributed by atoms with E-state index in [-0.39, 0.29) is 0 Å². The van der Waals surface area contributed by atoms with E-state index in [1.165, 1.54) is 5.56 Å². The van der Waals surface area contributed by atoms with E-state index in [1.54, 1.807) is 0 Å². The number of aromatic nitrogens is 4. The van der Waals surface area contributed by atoms with Gasteiger partial charge in [0.1, 0.15) is 11.0 Å². The van der Waals surface area contributed by atoms with Crippen molar-refractivity contribution in [2.24, 2.45) is 7.05 Å². The van der Waals surface area contributed by atoms with Crippen LogP contribution in [0.15, 0.2) is 12.1 Å². The molecular formula is C12H15ClN4S. The average molecular weight is 283 g/mol. The van der Waals surface area contributed by atoms with E-state index in [9.17, 15) is 0 Å². The molecule has 0 fully saturated rings. The summed E-state index contributed by atoms with van der Waals surface area (Å²) in [5.41, 5.74) is 2.10. The Morgan fingerprint density at radius 1 is 1.50 bits per heavy atom. The number of hydrogen-bond donors (Lipinski definition) is 1. The summed E-state index contributed by atoms with van der Waals surface area (Å²) in [6, 6.07) is 3.96. The zero-order valence-electron chi connectivity index (χ0n) is 10.6. The van der Waals surface area contributed by atoms with Gasteiger partial charge in [0.15, 0.2) is 4.77 Å². The maximum absolute atomic E-state index is 5.98. The number of halogens is 1. The summed E-state index contributed by atoms with van der Waals surface area (Å²) in [6.07, 6.45) is 0.809. The third-order valence-corrected chi connectivity index (χ3v) is 3.53. The fourth-order valence-corrected chi connectivity index (χ4v) is 2.30. The Labute approximate surface area is 116 Å². The Morgan fingerprint density at radius 3 is 2.78 bits per heavy atom. The maximum Gasteiger partial charge on any atom is 0.194 e. The van der Waals surface area contributed by atoms with Gasteiger partial charge in [0, 0.05) is 19.2 Å². The lowest BCUT2D eigenvalue weighted by Crippen LogP contribution is -2.05. The van der Waals surface area contributed by atoms with Gasteiger partial charge in [-0.3, -0.25) is 5.10 Å². The largest absolute Gasteiger partial charge is 0.307 e. The van der Waals surface area contributed by atoms with Crippen LogP contribution in [-0.2, 0) is 13.5 Å². The topological polar surface area (TPSA) is 46.5 Å². The Morgan fingerprint density at radius 2 is 2.22 bits per heavy atom.